The second kappa shape index (κ2) is 6.71. The monoisotopic (exact) mass is 274 g/mol. The summed E-state index contributed by atoms with van der Waals surface area (Å²) in [4.78, 5) is 0. The Labute approximate surface area is 116 Å². The molecule has 0 radical (unpaired) electrons. The maximum Gasteiger partial charge on any atom is 0.123 e. The first-order valence-corrected chi connectivity index (χ1v) is 6.09. The molecule has 0 bridgehead atoms. The van der Waals surface area contributed by atoms with Gasteiger partial charge in [-0.25, -0.2) is 4.39 Å². The summed E-state index contributed by atoms with van der Waals surface area (Å²) in [6, 6.07) is 13.5. The summed E-state index contributed by atoms with van der Waals surface area (Å²) in [5, 5.41) is 4.71. The lowest BCUT2D eigenvalue weighted by molar-refractivity contribution is 0.628. The number of hydrogen-bond acceptors (Lipinski definition) is 2. The number of nitrogens with zero attached hydrogens (tertiary/aromatic N) is 1. The molecule has 0 spiro atoms. The van der Waals surface area contributed by atoms with E-state index in [0.29, 0.717) is 5.02 Å². The molecule has 0 amide bonds. The van der Waals surface area contributed by atoms with Crippen LogP contribution in [0.2, 0.25) is 5.02 Å². The molecule has 0 aliphatic heterocycles. The topological polar surface area (TPSA) is 24.4 Å². The molecule has 2 aromatic rings. The number of rotatable bonds is 4. The van der Waals surface area contributed by atoms with Gasteiger partial charge in [0.1, 0.15) is 5.82 Å². The van der Waals surface area contributed by atoms with E-state index in [4.69, 9.17) is 11.6 Å². The molecular weight excluding hydrogens is 263 g/mol. The van der Waals surface area contributed by atoms with Gasteiger partial charge in [0.2, 0.25) is 0 Å². The molecule has 0 aromatic heterocycles. The minimum atomic E-state index is -0.267. The van der Waals surface area contributed by atoms with Gasteiger partial charge in [-0.2, -0.15) is 5.10 Å². The Bertz CT molecular complexity index is 574. The van der Waals surface area contributed by atoms with Crippen LogP contribution in [0.25, 0.3) is 6.08 Å². The van der Waals surface area contributed by atoms with Crippen LogP contribution in [0.15, 0.2) is 59.7 Å². The van der Waals surface area contributed by atoms with E-state index < -0.39 is 0 Å². The largest absolute Gasteiger partial charge is 0.279 e. The molecule has 0 aliphatic carbocycles. The van der Waals surface area contributed by atoms with E-state index in [2.05, 4.69) is 10.5 Å². The third kappa shape index (κ3) is 4.56. The molecule has 0 aliphatic rings. The molecule has 0 saturated carbocycles. The summed E-state index contributed by atoms with van der Waals surface area (Å²) in [5.74, 6) is -0.267. The second-order valence-corrected chi connectivity index (χ2v) is 4.24. The third-order valence-corrected chi connectivity index (χ3v) is 2.61. The van der Waals surface area contributed by atoms with Gasteiger partial charge in [-0.3, -0.25) is 5.43 Å². The Morgan fingerprint density at radius 2 is 1.68 bits per heavy atom. The van der Waals surface area contributed by atoms with Crippen molar-refractivity contribution in [3.8, 4) is 0 Å². The highest BCUT2D eigenvalue weighted by Crippen LogP contribution is 2.10. The molecule has 0 fully saturated rings. The first kappa shape index (κ1) is 13.3. The van der Waals surface area contributed by atoms with Crippen molar-refractivity contribution in [3.63, 3.8) is 0 Å². The lowest BCUT2D eigenvalue weighted by Crippen LogP contribution is -1.87. The van der Waals surface area contributed by atoms with Crippen molar-refractivity contribution in [2.75, 3.05) is 5.43 Å². The summed E-state index contributed by atoms with van der Waals surface area (Å²) < 4.78 is 12.7. The van der Waals surface area contributed by atoms with Crippen LogP contribution in [0.1, 0.15) is 5.56 Å². The predicted octanol–water partition coefficient (Wildman–Crippen LogP) is 4.59. The molecule has 1 N–H and O–H groups in total. The molecule has 0 unspecified atom stereocenters. The van der Waals surface area contributed by atoms with Gasteiger partial charge in [-0.15, -0.1) is 0 Å². The number of hydrazone groups is 1. The second-order valence-electron chi connectivity index (χ2n) is 3.81. The number of nitrogens with one attached hydrogen (secondary N) is 1. The minimum Gasteiger partial charge on any atom is -0.279 e. The predicted molar refractivity (Wildman–Crippen MR) is 79.0 cm³/mol. The Hall–Kier alpha value is -2.13. The Morgan fingerprint density at radius 1 is 1.00 bits per heavy atom. The number of benzene rings is 2. The number of hydrogen-bond donors (Lipinski definition) is 1. The molecular formula is C15H12ClFN2. The van der Waals surface area contributed by atoms with E-state index in [9.17, 15) is 4.39 Å². The molecule has 19 heavy (non-hydrogen) atoms. The van der Waals surface area contributed by atoms with Crippen molar-refractivity contribution in [1.29, 1.82) is 0 Å². The Kier molecular flexibility index (Phi) is 4.70. The van der Waals surface area contributed by atoms with Gasteiger partial charge in [-0.05, 0) is 48.0 Å². The van der Waals surface area contributed by atoms with Gasteiger partial charge in [0.05, 0.1) is 5.69 Å². The van der Waals surface area contributed by atoms with Crippen molar-refractivity contribution >= 4 is 29.6 Å². The average molecular weight is 275 g/mol. The first-order valence-electron chi connectivity index (χ1n) is 5.71. The van der Waals surface area contributed by atoms with Crippen molar-refractivity contribution in [2.24, 2.45) is 5.10 Å². The molecule has 0 heterocycles. The zero-order valence-corrected chi connectivity index (χ0v) is 10.8. The SMILES string of the molecule is Fc1ccc(NN=CC=Cc2ccc(Cl)cc2)cc1. The highest BCUT2D eigenvalue weighted by atomic mass is 35.5. The van der Waals surface area contributed by atoms with E-state index in [-0.39, 0.29) is 5.82 Å². The van der Waals surface area contributed by atoms with Crippen LogP contribution in [-0.2, 0) is 0 Å². The van der Waals surface area contributed by atoms with Gasteiger partial charge in [0, 0.05) is 11.2 Å². The fourth-order valence-corrected chi connectivity index (χ4v) is 1.53. The minimum absolute atomic E-state index is 0.267. The average Bonchev–Trinajstić information content (AvgIpc) is 2.43. The van der Waals surface area contributed by atoms with Gasteiger partial charge < -0.3 is 0 Å². The van der Waals surface area contributed by atoms with Crippen LogP contribution in [0.3, 0.4) is 0 Å². The Balaban J connectivity index is 1.86. The van der Waals surface area contributed by atoms with E-state index in [1.165, 1.54) is 12.1 Å². The zero-order chi connectivity index (χ0) is 13.5. The third-order valence-electron chi connectivity index (χ3n) is 2.36. The van der Waals surface area contributed by atoms with Crippen molar-refractivity contribution < 1.29 is 4.39 Å². The smallest absolute Gasteiger partial charge is 0.123 e. The van der Waals surface area contributed by atoms with Gasteiger partial charge in [0.25, 0.3) is 0 Å². The number of allylic oxidation sites excluding steroid dienone is 1. The quantitative estimate of drug-likeness (QED) is 0.640. The molecule has 0 saturated heterocycles. The van der Waals surface area contributed by atoms with E-state index >= 15 is 0 Å². The van der Waals surface area contributed by atoms with E-state index in [0.717, 1.165) is 11.3 Å². The fourth-order valence-electron chi connectivity index (χ4n) is 1.41. The van der Waals surface area contributed by atoms with Crippen molar-refractivity contribution in [2.45, 2.75) is 0 Å². The van der Waals surface area contributed by atoms with Crippen LogP contribution >= 0.6 is 11.6 Å². The molecule has 2 rings (SSSR count). The fraction of sp³-hybridized carbons (Fsp3) is 0. The summed E-state index contributed by atoms with van der Waals surface area (Å²) in [7, 11) is 0. The van der Waals surface area contributed by atoms with Crippen molar-refractivity contribution in [3.05, 3.63) is 71.0 Å². The summed E-state index contributed by atoms with van der Waals surface area (Å²) >= 11 is 5.79. The standard InChI is InChI=1S/C15H12ClFN2/c16-13-5-3-12(4-6-13)2-1-11-18-19-15-9-7-14(17)8-10-15/h1-11,19H. The maximum absolute atomic E-state index is 12.7. The van der Waals surface area contributed by atoms with Crippen molar-refractivity contribution in [1.82, 2.24) is 0 Å². The summed E-state index contributed by atoms with van der Waals surface area (Å²) in [5.41, 5.74) is 4.57. The lowest BCUT2D eigenvalue weighted by atomic mass is 10.2. The maximum atomic E-state index is 12.7. The van der Waals surface area contributed by atoms with Gasteiger partial charge in [0.15, 0.2) is 0 Å². The summed E-state index contributed by atoms with van der Waals surface area (Å²) in [6.07, 6.45) is 5.34. The van der Waals surface area contributed by atoms with Crippen LogP contribution in [0.4, 0.5) is 10.1 Å². The number of anilines is 1. The van der Waals surface area contributed by atoms with Gasteiger partial charge in [-0.1, -0.05) is 29.8 Å². The lowest BCUT2D eigenvalue weighted by Gasteiger charge is -1.97. The first-order chi connectivity index (χ1) is 9.24. The highest BCUT2D eigenvalue weighted by molar-refractivity contribution is 6.30. The summed E-state index contributed by atoms with van der Waals surface area (Å²) in [6.45, 7) is 0. The van der Waals surface area contributed by atoms with Crippen LogP contribution in [0, 0.1) is 5.82 Å². The van der Waals surface area contributed by atoms with E-state index in [1.54, 1.807) is 24.4 Å². The zero-order valence-electron chi connectivity index (χ0n) is 10.1. The highest BCUT2D eigenvalue weighted by Gasteiger charge is 1.89. The molecule has 2 nitrogen and oxygen atoms in total. The van der Waals surface area contributed by atoms with E-state index in [1.807, 2.05) is 30.3 Å². The molecule has 0 atom stereocenters. The molecule has 2 aromatic carbocycles. The normalized spacial score (nSPS) is 11.3. The molecule has 96 valence electrons. The van der Waals surface area contributed by atoms with Crippen LogP contribution in [-0.4, -0.2) is 6.21 Å². The number of halogens is 2. The van der Waals surface area contributed by atoms with Gasteiger partial charge >= 0.3 is 0 Å². The Morgan fingerprint density at radius 3 is 2.37 bits per heavy atom. The molecule has 4 heteroatoms. The van der Waals surface area contributed by atoms with Crippen LogP contribution < -0.4 is 5.43 Å². The van der Waals surface area contributed by atoms with Crippen LogP contribution in [0.5, 0.6) is 0 Å².